The van der Waals surface area contributed by atoms with Crippen molar-refractivity contribution in [3.8, 4) is 0 Å². The van der Waals surface area contributed by atoms with Crippen LogP contribution in [0.5, 0.6) is 0 Å². The van der Waals surface area contributed by atoms with Gasteiger partial charge in [-0.05, 0) is 12.5 Å². The van der Waals surface area contributed by atoms with Crippen LogP contribution in [-0.4, -0.2) is 23.3 Å². The Hall–Kier alpha value is -1.14. The fraction of sp³-hybridized carbons (Fsp3) is 0.615. The molecule has 1 fully saturated rings. The lowest BCUT2D eigenvalue weighted by Crippen LogP contribution is -2.55. The highest BCUT2D eigenvalue weighted by Crippen LogP contribution is 2.36. The molecule has 1 aliphatic rings. The van der Waals surface area contributed by atoms with Gasteiger partial charge in [-0.15, -0.1) is 4.65 Å². The Labute approximate surface area is 110 Å². The molecule has 1 N–H and O–H groups in total. The zero-order chi connectivity index (χ0) is 14.3. The first-order valence-corrected chi connectivity index (χ1v) is 6.26. The van der Waals surface area contributed by atoms with Crippen molar-refractivity contribution in [2.24, 2.45) is 5.41 Å². The molecular formula is C13H18F3N2O+. The van der Waals surface area contributed by atoms with E-state index in [9.17, 15) is 18.4 Å². The van der Waals surface area contributed by atoms with Gasteiger partial charge in [-0.2, -0.15) is 13.2 Å². The summed E-state index contributed by atoms with van der Waals surface area (Å²) >= 11 is 0. The number of hydrogen-bond donors (Lipinski definition) is 1. The smallest absolute Gasteiger partial charge is 0.210 e. The van der Waals surface area contributed by atoms with E-state index < -0.39 is 11.7 Å². The highest BCUT2D eigenvalue weighted by Gasteiger charge is 2.42. The Morgan fingerprint density at radius 2 is 2.00 bits per heavy atom. The Morgan fingerprint density at radius 3 is 2.47 bits per heavy atom. The molecule has 106 valence electrons. The molecule has 0 aliphatic carbocycles. The maximum absolute atomic E-state index is 12.5. The molecule has 0 amide bonds. The second-order valence-electron chi connectivity index (χ2n) is 5.97. The van der Waals surface area contributed by atoms with Crippen LogP contribution < -0.4 is 4.65 Å². The molecule has 2 heterocycles. The van der Waals surface area contributed by atoms with Crippen LogP contribution >= 0.6 is 0 Å². The number of quaternary nitrogens is 1. The maximum atomic E-state index is 12.5. The first kappa shape index (κ1) is 14.3. The van der Waals surface area contributed by atoms with Crippen LogP contribution in [0.3, 0.4) is 0 Å². The third-order valence-electron chi connectivity index (χ3n) is 3.57. The normalized spacial score (nSPS) is 27.3. The predicted molar refractivity (Wildman–Crippen MR) is 65.6 cm³/mol. The van der Waals surface area contributed by atoms with Gasteiger partial charge < -0.3 is 0 Å². The molecule has 19 heavy (non-hydrogen) atoms. The van der Waals surface area contributed by atoms with Crippen LogP contribution in [0.2, 0.25) is 0 Å². The van der Waals surface area contributed by atoms with Crippen molar-refractivity contribution in [3.05, 3.63) is 23.9 Å². The summed E-state index contributed by atoms with van der Waals surface area (Å²) in [6.07, 6.45) is -1.79. The molecule has 6 heteroatoms. The zero-order valence-electron chi connectivity index (χ0n) is 11.0. The summed E-state index contributed by atoms with van der Waals surface area (Å²) in [5.41, 5.74) is -0.837. The van der Waals surface area contributed by atoms with Gasteiger partial charge in [0.05, 0.1) is 5.56 Å². The van der Waals surface area contributed by atoms with Gasteiger partial charge in [0.25, 0.3) is 5.82 Å². The molecule has 3 nitrogen and oxygen atoms in total. The molecule has 1 saturated heterocycles. The topological polar surface area (TPSA) is 33.1 Å². The van der Waals surface area contributed by atoms with E-state index in [1.165, 1.54) is 6.07 Å². The van der Waals surface area contributed by atoms with Gasteiger partial charge in [-0.1, -0.05) is 13.8 Å². The van der Waals surface area contributed by atoms with Gasteiger partial charge in [-0.3, -0.25) is 0 Å². The quantitative estimate of drug-likeness (QED) is 0.794. The van der Waals surface area contributed by atoms with Gasteiger partial charge in [0, 0.05) is 24.1 Å². The number of hydrogen-bond acceptors (Lipinski definition) is 2. The Balaban J connectivity index is 2.26. The molecule has 0 saturated carbocycles. The Bertz CT molecular complexity index is 456. The highest BCUT2D eigenvalue weighted by atomic mass is 19.4. The number of pyridine rings is 1. The van der Waals surface area contributed by atoms with E-state index >= 15 is 0 Å². The third-order valence-corrected chi connectivity index (χ3v) is 3.57. The standard InChI is InChI=1S/C13H18F3N2O/c1-12(2)6-3-7-18(19,9-12)11-5-4-10(8-17-11)13(14,15)16/h4-5,8,19H,3,6-7,9H2,1-2H3/q+1. The van der Waals surface area contributed by atoms with E-state index in [2.05, 4.69) is 4.98 Å². The largest absolute Gasteiger partial charge is 0.417 e. The summed E-state index contributed by atoms with van der Waals surface area (Å²) in [7, 11) is 0. The molecule has 0 spiro atoms. The molecule has 0 bridgehead atoms. The second kappa shape index (κ2) is 4.45. The van der Waals surface area contributed by atoms with E-state index in [1.54, 1.807) is 0 Å². The average molecular weight is 275 g/mol. The minimum Gasteiger partial charge on any atom is -0.210 e. The lowest BCUT2D eigenvalue weighted by Gasteiger charge is -2.40. The first-order valence-electron chi connectivity index (χ1n) is 6.26. The van der Waals surface area contributed by atoms with Gasteiger partial charge >= 0.3 is 6.18 Å². The van der Waals surface area contributed by atoms with Crippen LogP contribution in [0.15, 0.2) is 18.3 Å². The van der Waals surface area contributed by atoms with Crippen LogP contribution in [0, 0.1) is 5.41 Å². The lowest BCUT2D eigenvalue weighted by atomic mass is 9.84. The SMILES string of the molecule is CC1(C)CCC[N+](O)(c2ccc(C(F)(F)F)cn2)C1. The van der Waals surface area contributed by atoms with Crippen LogP contribution in [0.4, 0.5) is 19.0 Å². The van der Waals surface area contributed by atoms with E-state index in [0.717, 1.165) is 25.1 Å². The van der Waals surface area contributed by atoms with Crippen LogP contribution in [-0.2, 0) is 6.18 Å². The molecule has 2 rings (SSSR count). The van der Waals surface area contributed by atoms with E-state index in [4.69, 9.17) is 0 Å². The third kappa shape index (κ3) is 3.06. The molecule has 0 aromatic carbocycles. The number of aromatic nitrogens is 1. The van der Waals surface area contributed by atoms with Crippen molar-refractivity contribution in [2.45, 2.75) is 32.9 Å². The predicted octanol–water partition coefficient (Wildman–Crippen LogP) is 3.62. The molecule has 1 unspecified atom stereocenters. The highest BCUT2D eigenvalue weighted by molar-refractivity contribution is 5.34. The van der Waals surface area contributed by atoms with Crippen LogP contribution in [0.1, 0.15) is 32.3 Å². The van der Waals surface area contributed by atoms with Crippen molar-refractivity contribution in [3.63, 3.8) is 0 Å². The zero-order valence-corrected chi connectivity index (χ0v) is 11.0. The molecule has 0 radical (unpaired) electrons. The average Bonchev–Trinajstić information content (AvgIpc) is 2.26. The van der Waals surface area contributed by atoms with Crippen molar-refractivity contribution >= 4 is 5.82 Å². The number of alkyl halides is 3. The van der Waals surface area contributed by atoms with Gasteiger partial charge in [-0.25, -0.2) is 10.2 Å². The van der Waals surface area contributed by atoms with Crippen molar-refractivity contribution in [1.82, 2.24) is 9.63 Å². The van der Waals surface area contributed by atoms with E-state index in [1.807, 2.05) is 13.8 Å². The minimum absolute atomic E-state index is 0.0443. The number of piperidine rings is 1. The van der Waals surface area contributed by atoms with Crippen LogP contribution in [0.25, 0.3) is 0 Å². The van der Waals surface area contributed by atoms with Gasteiger partial charge in [0.2, 0.25) is 0 Å². The fourth-order valence-corrected chi connectivity index (χ4v) is 2.68. The fourth-order valence-electron chi connectivity index (χ4n) is 2.68. The first-order chi connectivity index (χ1) is 8.62. The summed E-state index contributed by atoms with van der Waals surface area (Å²) in [4.78, 5) is 3.81. The van der Waals surface area contributed by atoms with Crippen molar-refractivity contribution in [1.29, 1.82) is 0 Å². The minimum atomic E-state index is -4.40. The maximum Gasteiger partial charge on any atom is 0.417 e. The molecule has 1 aliphatic heterocycles. The Kier molecular flexibility index (Phi) is 3.35. The molecule has 1 aromatic rings. The van der Waals surface area contributed by atoms with Gasteiger partial charge in [0.1, 0.15) is 13.1 Å². The number of hydroxylamine groups is 2. The molecule has 1 atom stereocenters. The number of nitrogens with zero attached hydrogens (tertiary/aromatic N) is 2. The van der Waals surface area contributed by atoms with E-state index in [-0.39, 0.29) is 15.9 Å². The summed E-state index contributed by atoms with van der Waals surface area (Å²) in [6.45, 7) is 5.03. The summed E-state index contributed by atoms with van der Waals surface area (Å²) in [5, 5.41) is 10.6. The van der Waals surface area contributed by atoms with Gasteiger partial charge in [0.15, 0.2) is 0 Å². The molecule has 1 aromatic heterocycles. The summed E-state index contributed by atoms with van der Waals surface area (Å²) in [5.74, 6) is 0.278. The monoisotopic (exact) mass is 275 g/mol. The summed E-state index contributed by atoms with van der Waals surface area (Å²) < 4.78 is 37.0. The number of rotatable bonds is 1. The van der Waals surface area contributed by atoms with Crippen molar-refractivity contribution in [2.75, 3.05) is 13.1 Å². The Morgan fingerprint density at radius 1 is 1.32 bits per heavy atom. The lowest BCUT2D eigenvalue weighted by molar-refractivity contribution is -0.138. The van der Waals surface area contributed by atoms with Crippen molar-refractivity contribution < 1.29 is 18.4 Å². The molecular weight excluding hydrogens is 257 g/mol. The van der Waals surface area contributed by atoms with E-state index in [0.29, 0.717) is 13.1 Å². The number of halogens is 3. The second-order valence-corrected chi connectivity index (χ2v) is 5.97. The summed E-state index contributed by atoms with van der Waals surface area (Å²) in [6, 6.07) is 2.24.